The Morgan fingerprint density at radius 1 is 1.02 bits per heavy atom. The molecule has 0 amide bonds. The fraction of sp³-hybridized carbons (Fsp3) is 0.417. The second-order valence-electron chi connectivity index (χ2n) is 12.8. The van der Waals surface area contributed by atoms with Crippen molar-refractivity contribution in [2.75, 3.05) is 43.5 Å². The van der Waals surface area contributed by atoms with Crippen molar-refractivity contribution in [3.63, 3.8) is 0 Å². The number of nitrogens with zero attached hydrogens (tertiary/aromatic N) is 5. The van der Waals surface area contributed by atoms with E-state index < -0.39 is 18.2 Å². The van der Waals surface area contributed by atoms with E-state index in [1.54, 1.807) is 63.4 Å². The Bertz CT molecular complexity index is 1890. The normalized spacial score (nSPS) is 17.7. The molecule has 270 valence electrons. The zero-order valence-electron chi connectivity index (χ0n) is 28.6. The summed E-state index contributed by atoms with van der Waals surface area (Å²) in [4.78, 5) is 35.0. The van der Waals surface area contributed by atoms with E-state index in [4.69, 9.17) is 19.9 Å². The summed E-state index contributed by atoms with van der Waals surface area (Å²) in [5.74, 6) is -1.04. The maximum Gasteiger partial charge on any atom is 0.429 e. The summed E-state index contributed by atoms with van der Waals surface area (Å²) in [5.41, 5.74) is 7.66. The molecule has 0 bridgehead atoms. The van der Waals surface area contributed by atoms with Gasteiger partial charge in [0.15, 0.2) is 0 Å². The number of aryl methyl sites for hydroxylation is 1. The summed E-state index contributed by atoms with van der Waals surface area (Å²) < 4.78 is 62.7. The number of esters is 2. The first-order chi connectivity index (χ1) is 24.4. The summed E-state index contributed by atoms with van der Waals surface area (Å²) in [6, 6.07) is 13.7. The van der Waals surface area contributed by atoms with E-state index in [9.17, 15) is 9.59 Å². The van der Waals surface area contributed by atoms with Gasteiger partial charge in [0.05, 0.1) is 30.2 Å². The van der Waals surface area contributed by atoms with Crippen molar-refractivity contribution in [1.29, 1.82) is 0 Å². The SMILES string of the molecule is CCOC(=O)c1cccc(-c2ccc(-n3ccc(C)n3)c([C@@H](Oc3cc(N4CCC5(CC4)CN[C@H](C(=O)OCC)C5)nc(N)n3)C(F)(F)F)c2)c1. The Kier molecular flexibility index (Phi) is 10.2. The number of rotatable bonds is 10. The van der Waals surface area contributed by atoms with Crippen LogP contribution in [0.3, 0.4) is 0 Å². The van der Waals surface area contributed by atoms with Gasteiger partial charge in [-0.1, -0.05) is 18.2 Å². The van der Waals surface area contributed by atoms with Crippen LogP contribution < -0.4 is 20.7 Å². The van der Waals surface area contributed by atoms with Gasteiger partial charge in [0.2, 0.25) is 17.9 Å². The fourth-order valence-electron chi connectivity index (χ4n) is 6.74. The number of carbonyl (C=O) groups excluding carboxylic acids is 2. The highest BCUT2D eigenvalue weighted by Crippen LogP contribution is 2.43. The second kappa shape index (κ2) is 14.6. The molecule has 4 heterocycles. The minimum absolute atomic E-state index is 0.102. The quantitative estimate of drug-likeness (QED) is 0.199. The summed E-state index contributed by atoms with van der Waals surface area (Å²) in [6.07, 6.45) is -3.69. The molecule has 0 saturated carbocycles. The van der Waals surface area contributed by atoms with Crippen molar-refractivity contribution >= 4 is 23.7 Å². The van der Waals surface area contributed by atoms with Gasteiger partial charge in [-0.15, -0.1) is 0 Å². The molecule has 2 atom stereocenters. The largest absolute Gasteiger partial charge is 0.465 e. The number of carbonyl (C=O) groups is 2. The zero-order valence-corrected chi connectivity index (χ0v) is 28.6. The minimum atomic E-state index is -4.90. The van der Waals surface area contributed by atoms with Crippen LogP contribution in [0.5, 0.6) is 5.88 Å². The smallest absolute Gasteiger partial charge is 0.429 e. The summed E-state index contributed by atoms with van der Waals surface area (Å²) in [5, 5.41) is 7.64. The van der Waals surface area contributed by atoms with Crippen LogP contribution in [0, 0.1) is 12.3 Å². The summed E-state index contributed by atoms with van der Waals surface area (Å²) >= 11 is 0. The number of hydrogen-bond acceptors (Lipinski definition) is 11. The predicted octanol–water partition coefficient (Wildman–Crippen LogP) is 5.59. The van der Waals surface area contributed by atoms with Crippen molar-refractivity contribution in [1.82, 2.24) is 25.1 Å². The molecule has 4 aromatic rings. The lowest BCUT2D eigenvalue weighted by atomic mass is 9.76. The van der Waals surface area contributed by atoms with Crippen LogP contribution in [0.15, 0.2) is 60.8 Å². The van der Waals surface area contributed by atoms with Crippen LogP contribution in [0.25, 0.3) is 16.8 Å². The van der Waals surface area contributed by atoms with Crippen LogP contribution in [-0.2, 0) is 14.3 Å². The summed E-state index contributed by atoms with van der Waals surface area (Å²) in [6.45, 7) is 7.45. The van der Waals surface area contributed by atoms with Gasteiger partial charge >= 0.3 is 18.1 Å². The number of piperidine rings is 1. The number of anilines is 2. The van der Waals surface area contributed by atoms with Gasteiger partial charge in [-0.2, -0.15) is 28.2 Å². The lowest BCUT2D eigenvalue weighted by Gasteiger charge is -2.39. The molecule has 1 spiro atoms. The molecule has 2 aromatic carbocycles. The molecule has 51 heavy (non-hydrogen) atoms. The number of nitrogen functional groups attached to an aromatic ring is 1. The molecule has 12 nitrogen and oxygen atoms in total. The third-order valence-electron chi connectivity index (χ3n) is 9.31. The highest BCUT2D eigenvalue weighted by atomic mass is 19.4. The molecule has 2 aromatic heterocycles. The number of aromatic nitrogens is 4. The van der Waals surface area contributed by atoms with E-state index in [0.717, 1.165) is 12.8 Å². The van der Waals surface area contributed by atoms with Gasteiger partial charge < -0.3 is 30.2 Å². The average molecular weight is 708 g/mol. The zero-order chi connectivity index (χ0) is 36.3. The van der Waals surface area contributed by atoms with Crippen LogP contribution in [0.4, 0.5) is 24.9 Å². The third kappa shape index (κ3) is 7.93. The van der Waals surface area contributed by atoms with Crippen LogP contribution in [0.1, 0.15) is 60.8 Å². The second-order valence-corrected chi connectivity index (χ2v) is 12.8. The van der Waals surface area contributed by atoms with Gasteiger partial charge in [0, 0.05) is 37.5 Å². The Hall–Kier alpha value is -5.18. The third-order valence-corrected chi connectivity index (χ3v) is 9.31. The standard InChI is InChI=1S/C36H40F3N7O5/c1-4-49-32(47)25-8-6-7-23(17-25)24-9-10-28(46-14-11-22(3)44-46)26(18-24)31(36(37,38)39)51-30-19-29(42-34(40)43-30)45-15-12-35(13-16-45)20-27(41-21-35)33(48)50-5-2/h6-11,14,17-19,27,31,41H,4-5,12-13,15-16,20-21H2,1-3H3,(H2,40,42,43)/t27-,31+/m0/s1. The Balaban J connectivity index is 1.30. The maximum absolute atomic E-state index is 15.1. The van der Waals surface area contributed by atoms with E-state index in [1.165, 1.54) is 22.9 Å². The number of halogens is 3. The van der Waals surface area contributed by atoms with Gasteiger partial charge in [-0.25, -0.2) is 9.48 Å². The number of ether oxygens (including phenoxy) is 3. The molecule has 15 heteroatoms. The molecule has 0 aliphatic carbocycles. The minimum Gasteiger partial charge on any atom is -0.465 e. The van der Waals surface area contributed by atoms with E-state index in [-0.39, 0.29) is 52.7 Å². The molecule has 2 fully saturated rings. The maximum atomic E-state index is 15.1. The molecular weight excluding hydrogens is 667 g/mol. The summed E-state index contributed by atoms with van der Waals surface area (Å²) in [7, 11) is 0. The molecular formula is C36H40F3N7O5. The Morgan fingerprint density at radius 3 is 2.45 bits per heavy atom. The van der Waals surface area contributed by atoms with Crippen molar-refractivity contribution in [2.45, 2.75) is 58.4 Å². The highest BCUT2D eigenvalue weighted by molar-refractivity contribution is 5.91. The monoisotopic (exact) mass is 707 g/mol. The van der Waals surface area contributed by atoms with Gasteiger partial charge in [0.25, 0.3) is 0 Å². The molecule has 2 saturated heterocycles. The van der Waals surface area contributed by atoms with E-state index in [0.29, 0.717) is 55.3 Å². The van der Waals surface area contributed by atoms with E-state index >= 15 is 13.2 Å². The van der Waals surface area contributed by atoms with Crippen LogP contribution in [-0.4, -0.2) is 76.8 Å². The molecule has 6 rings (SSSR count). The number of alkyl halides is 3. The Morgan fingerprint density at radius 2 is 1.76 bits per heavy atom. The van der Waals surface area contributed by atoms with Crippen molar-refractivity contribution in [2.24, 2.45) is 5.41 Å². The molecule has 3 N–H and O–H groups in total. The lowest BCUT2D eigenvalue weighted by Crippen LogP contribution is -2.41. The first-order valence-electron chi connectivity index (χ1n) is 16.8. The average Bonchev–Trinajstić information content (AvgIpc) is 3.73. The van der Waals surface area contributed by atoms with E-state index in [1.807, 2.05) is 4.90 Å². The topological polar surface area (TPSA) is 147 Å². The van der Waals surface area contributed by atoms with Crippen LogP contribution in [0.2, 0.25) is 0 Å². The molecule has 0 unspecified atom stereocenters. The number of hydrogen-bond donors (Lipinski definition) is 2. The first-order valence-corrected chi connectivity index (χ1v) is 16.8. The van der Waals surface area contributed by atoms with E-state index in [2.05, 4.69) is 20.4 Å². The van der Waals surface area contributed by atoms with Crippen molar-refractivity contribution < 1.29 is 37.0 Å². The fourth-order valence-corrected chi connectivity index (χ4v) is 6.74. The number of nitrogens with one attached hydrogen (secondary N) is 1. The number of benzene rings is 2. The molecule has 0 radical (unpaired) electrons. The van der Waals surface area contributed by atoms with Gasteiger partial charge in [-0.05, 0) is 86.9 Å². The first kappa shape index (κ1) is 35.6. The van der Waals surface area contributed by atoms with Gasteiger partial charge in [-0.3, -0.25) is 4.79 Å². The highest BCUT2D eigenvalue weighted by Gasteiger charge is 2.46. The Labute approximate surface area is 293 Å². The molecule has 2 aliphatic rings. The van der Waals surface area contributed by atoms with Crippen molar-refractivity contribution in [3.05, 3.63) is 77.6 Å². The molecule has 2 aliphatic heterocycles. The predicted molar refractivity (Wildman–Crippen MR) is 182 cm³/mol. The van der Waals surface area contributed by atoms with Gasteiger partial charge in [0.1, 0.15) is 11.9 Å². The van der Waals surface area contributed by atoms with Crippen LogP contribution >= 0.6 is 0 Å². The number of nitrogens with two attached hydrogens (primary N) is 1. The lowest BCUT2D eigenvalue weighted by molar-refractivity contribution is -0.198. The van der Waals surface area contributed by atoms with Crippen molar-refractivity contribution in [3.8, 4) is 22.7 Å².